The zero-order valence-corrected chi connectivity index (χ0v) is 18.2. The summed E-state index contributed by atoms with van der Waals surface area (Å²) in [6, 6.07) is -0.191. The highest BCUT2D eigenvalue weighted by atomic mass is 16.6. The molecule has 3 atom stereocenters. The number of amides is 1. The second-order valence-corrected chi connectivity index (χ2v) is 9.92. The van der Waals surface area contributed by atoms with Gasteiger partial charge in [-0.05, 0) is 60.8 Å². The van der Waals surface area contributed by atoms with Crippen LogP contribution in [0.3, 0.4) is 0 Å². The Balaban J connectivity index is 2.30. The predicted octanol–water partition coefficient (Wildman–Crippen LogP) is 5.02. The molecule has 1 amide bonds. The summed E-state index contributed by atoms with van der Waals surface area (Å²) in [5.41, 5.74) is -0.349. The lowest BCUT2D eigenvalue weighted by Crippen LogP contribution is -2.51. The van der Waals surface area contributed by atoms with Crippen LogP contribution in [-0.4, -0.2) is 45.7 Å². The molecule has 0 radical (unpaired) electrons. The average molecular weight is 382 g/mol. The van der Waals surface area contributed by atoms with Crippen LogP contribution in [0.4, 0.5) is 4.79 Å². The highest BCUT2D eigenvalue weighted by Gasteiger charge is 2.53. The van der Waals surface area contributed by atoms with E-state index in [1.54, 1.807) is 4.90 Å². The predicted molar refractivity (Wildman–Crippen MR) is 107 cm³/mol. The van der Waals surface area contributed by atoms with Gasteiger partial charge in [-0.25, -0.2) is 4.79 Å². The maximum absolute atomic E-state index is 13.0. The summed E-state index contributed by atoms with van der Waals surface area (Å²) < 4.78 is 11.9. The molecule has 1 N–H and O–H groups in total. The van der Waals surface area contributed by atoms with Gasteiger partial charge in [0.05, 0.1) is 6.04 Å². The number of carbonyl (C=O) groups is 1. The van der Waals surface area contributed by atoms with Crippen molar-refractivity contribution in [3.05, 3.63) is 11.6 Å². The number of ether oxygens (including phenoxy) is 2. The molecule has 5 heteroatoms. The molecule has 0 bridgehead atoms. The van der Waals surface area contributed by atoms with E-state index in [2.05, 4.69) is 0 Å². The highest BCUT2D eigenvalue weighted by Crippen LogP contribution is 2.40. The van der Waals surface area contributed by atoms with Gasteiger partial charge in [-0.15, -0.1) is 0 Å². The zero-order valence-electron chi connectivity index (χ0n) is 18.2. The first-order valence-electron chi connectivity index (χ1n) is 10.4. The number of hydrogen-bond donors (Lipinski definition) is 1. The van der Waals surface area contributed by atoms with E-state index < -0.39 is 23.5 Å². The Hall–Kier alpha value is -1.07. The number of carbonyl (C=O) groups excluding carboxylic acids is 1. The fourth-order valence-electron chi connectivity index (χ4n) is 4.42. The molecule has 1 aliphatic carbocycles. The third-order valence-corrected chi connectivity index (χ3v) is 5.45. The Morgan fingerprint density at radius 1 is 1.26 bits per heavy atom. The van der Waals surface area contributed by atoms with Crippen LogP contribution >= 0.6 is 0 Å². The molecule has 2 fully saturated rings. The van der Waals surface area contributed by atoms with E-state index in [-0.39, 0.29) is 12.1 Å². The van der Waals surface area contributed by atoms with Crippen LogP contribution < -0.4 is 0 Å². The van der Waals surface area contributed by atoms with Crippen molar-refractivity contribution in [2.75, 3.05) is 0 Å². The van der Waals surface area contributed by atoms with E-state index in [0.29, 0.717) is 5.92 Å². The second kappa shape index (κ2) is 8.52. The lowest BCUT2D eigenvalue weighted by Gasteiger charge is -2.37. The van der Waals surface area contributed by atoms with Crippen molar-refractivity contribution in [3.8, 4) is 0 Å². The Morgan fingerprint density at radius 3 is 2.37 bits per heavy atom. The maximum atomic E-state index is 13.0. The zero-order chi connectivity index (χ0) is 20.4. The molecule has 1 saturated heterocycles. The third kappa shape index (κ3) is 5.95. The van der Waals surface area contributed by atoms with Crippen molar-refractivity contribution in [1.82, 2.24) is 4.90 Å². The third-order valence-electron chi connectivity index (χ3n) is 5.45. The number of rotatable bonds is 4. The minimum atomic E-state index is -0.817. The SMILES string of the molecule is CC(C)=C[C@H](O)[C@@H]1OC(C)(C)N(C(=O)OC(C)(C)C)[C@H]1CC1CCCCC1. The molecular formula is C22H39NO4. The number of aliphatic hydroxyl groups excluding tert-OH is 1. The Morgan fingerprint density at radius 2 is 1.85 bits per heavy atom. The molecule has 1 aliphatic heterocycles. The number of aliphatic hydroxyl groups is 1. The molecule has 5 nitrogen and oxygen atoms in total. The van der Waals surface area contributed by atoms with E-state index in [1.165, 1.54) is 32.1 Å². The van der Waals surface area contributed by atoms with Gasteiger partial charge in [-0.2, -0.15) is 0 Å². The van der Waals surface area contributed by atoms with Crippen LogP contribution in [0.2, 0.25) is 0 Å². The molecule has 1 saturated carbocycles. The summed E-state index contributed by atoms with van der Waals surface area (Å²) in [5, 5.41) is 10.8. The van der Waals surface area contributed by atoms with Crippen LogP contribution in [-0.2, 0) is 9.47 Å². The summed E-state index contributed by atoms with van der Waals surface area (Å²) in [7, 11) is 0. The number of allylic oxidation sites excluding steroid dienone is 1. The van der Waals surface area contributed by atoms with Gasteiger partial charge in [0.25, 0.3) is 0 Å². The Labute approximate surface area is 165 Å². The van der Waals surface area contributed by atoms with Crippen LogP contribution in [0.25, 0.3) is 0 Å². The normalized spacial score (nSPS) is 27.3. The van der Waals surface area contributed by atoms with Crippen molar-refractivity contribution in [2.45, 2.75) is 117 Å². The van der Waals surface area contributed by atoms with Gasteiger partial charge >= 0.3 is 6.09 Å². The van der Waals surface area contributed by atoms with Gasteiger partial charge in [0.1, 0.15) is 23.5 Å². The first-order chi connectivity index (χ1) is 12.4. The van der Waals surface area contributed by atoms with Crippen molar-refractivity contribution in [1.29, 1.82) is 0 Å². The van der Waals surface area contributed by atoms with Gasteiger partial charge in [0.15, 0.2) is 0 Å². The first-order valence-corrected chi connectivity index (χ1v) is 10.4. The van der Waals surface area contributed by atoms with Crippen molar-refractivity contribution in [3.63, 3.8) is 0 Å². The summed E-state index contributed by atoms with van der Waals surface area (Å²) >= 11 is 0. The molecule has 27 heavy (non-hydrogen) atoms. The smallest absolute Gasteiger partial charge is 0.412 e. The molecule has 156 valence electrons. The highest BCUT2D eigenvalue weighted by molar-refractivity contribution is 5.70. The molecule has 0 aromatic heterocycles. The van der Waals surface area contributed by atoms with Gasteiger partial charge in [0, 0.05) is 0 Å². The summed E-state index contributed by atoms with van der Waals surface area (Å²) in [4.78, 5) is 14.8. The molecule has 0 aromatic rings. The fraction of sp³-hybridized carbons (Fsp3) is 0.864. The van der Waals surface area contributed by atoms with E-state index in [4.69, 9.17) is 9.47 Å². The first kappa shape index (κ1) is 22.2. The fourth-order valence-corrected chi connectivity index (χ4v) is 4.42. The molecule has 1 heterocycles. The van der Waals surface area contributed by atoms with Gasteiger partial charge in [0.2, 0.25) is 0 Å². The maximum Gasteiger partial charge on any atom is 0.412 e. The summed E-state index contributed by atoms with van der Waals surface area (Å²) in [6.07, 6.45) is 7.29. The van der Waals surface area contributed by atoms with Crippen LogP contribution in [0, 0.1) is 5.92 Å². The van der Waals surface area contributed by atoms with Crippen molar-refractivity contribution in [2.24, 2.45) is 5.92 Å². The lowest BCUT2D eigenvalue weighted by molar-refractivity contribution is -0.0959. The molecule has 0 spiro atoms. The minimum absolute atomic E-state index is 0.191. The van der Waals surface area contributed by atoms with Crippen LogP contribution in [0.15, 0.2) is 11.6 Å². The van der Waals surface area contributed by atoms with Crippen molar-refractivity contribution >= 4 is 6.09 Å². The molecule has 0 unspecified atom stereocenters. The topological polar surface area (TPSA) is 59.0 Å². The molecule has 0 aromatic carbocycles. The average Bonchev–Trinajstić information content (AvgIpc) is 2.77. The van der Waals surface area contributed by atoms with Crippen LogP contribution in [0.1, 0.15) is 87.0 Å². The quantitative estimate of drug-likeness (QED) is 0.694. The van der Waals surface area contributed by atoms with Gasteiger partial charge in [-0.1, -0.05) is 43.8 Å². The summed E-state index contributed by atoms with van der Waals surface area (Å²) in [5.74, 6) is 0.563. The number of nitrogens with zero attached hydrogens (tertiary/aromatic N) is 1. The second-order valence-electron chi connectivity index (χ2n) is 9.92. The van der Waals surface area contributed by atoms with Gasteiger partial charge < -0.3 is 14.6 Å². The molecule has 2 aliphatic rings. The molecular weight excluding hydrogens is 342 g/mol. The van der Waals surface area contributed by atoms with Gasteiger partial charge in [-0.3, -0.25) is 4.90 Å². The standard InChI is InChI=1S/C22H39NO4/c1-15(2)13-18(24)19-17(14-16-11-9-8-10-12-16)23(22(6,7)26-19)20(25)27-21(3,4)5/h13,16-19,24H,8-12,14H2,1-7H3/t17-,18-,19+/m0/s1. The molecule has 2 rings (SSSR count). The van der Waals surface area contributed by atoms with E-state index >= 15 is 0 Å². The Bertz CT molecular complexity index is 539. The number of hydrogen-bond acceptors (Lipinski definition) is 4. The van der Waals surface area contributed by atoms with E-state index in [9.17, 15) is 9.90 Å². The van der Waals surface area contributed by atoms with E-state index in [1.807, 2.05) is 54.5 Å². The van der Waals surface area contributed by atoms with Crippen LogP contribution in [0.5, 0.6) is 0 Å². The monoisotopic (exact) mass is 381 g/mol. The lowest BCUT2D eigenvalue weighted by atomic mass is 9.82. The van der Waals surface area contributed by atoms with Crippen molar-refractivity contribution < 1.29 is 19.4 Å². The largest absolute Gasteiger partial charge is 0.444 e. The Kier molecular flexibility index (Phi) is 7.01. The minimum Gasteiger partial charge on any atom is -0.444 e. The summed E-state index contributed by atoms with van der Waals surface area (Å²) in [6.45, 7) is 13.3. The van der Waals surface area contributed by atoms with E-state index in [0.717, 1.165) is 12.0 Å².